The van der Waals surface area contributed by atoms with Gasteiger partial charge in [0, 0.05) is 42.8 Å². The molecule has 0 amide bonds. The number of hydrogen-bond donors (Lipinski definition) is 1. The average Bonchev–Trinajstić information content (AvgIpc) is 2.36. The van der Waals surface area contributed by atoms with Crippen molar-refractivity contribution in [3.63, 3.8) is 0 Å². The molecule has 1 fully saturated rings. The molecule has 0 aromatic heterocycles. The van der Waals surface area contributed by atoms with Crippen LogP contribution in [0.25, 0.3) is 0 Å². The molecular weight excluding hydrogens is 246 g/mol. The minimum Gasteiger partial charge on any atom is -0.399 e. The third-order valence-corrected chi connectivity index (χ3v) is 4.75. The first-order chi connectivity index (χ1) is 9.29. The summed E-state index contributed by atoms with van der Waals surface area (Å²) in [6.07, 6.45) is 0. The normalized spacial score (nSPS) is 25.9. The highest BCUT2D eigenvalue weighted by Crippen LogP contribution is 2.27. The van der Waals surface area contributed by atoms with Gasteiger partial charge in [-0.15, -0.1) is 0 Å². The van der Waals surface area contributed by atoms with Crippen molar-refractivity contribution in [1.29, 1.82) is 0 Å². The van der Waals surface area contributed by atoms with Gasteiger partial charge in [-0.25, -0.2) is 0 Å². The maximum Gasteiger partial charge on any atom is 0.0314 e. The average molecular weight is 275 g/mol. The van der Waals surface area contributed by atoms with Crippen molar-refractivity contribution in [2.24, 2.45) is 0 Å². The van der Waals surface area contributed by atoms with Crippen LogP contribution in [0.1, 0.15) is 33.3 Å². The minimum absolute atomic E-state index is 0.156. The summed E-state index contributed by atoms with van der Waals surface area (Å²) in [6, 6.07) is 9.59. The van der Waals surface area contributed by atoms with Gasteiger partial charge >= 0.3 is 0 Å². The summed E-state index contributed by atoms with van der Waals surface area (Å²) in [7, 11) is 2.23. The zero-order chi connectivity index (χ0) is 14.9. The Hall–Kier alpha value is -1.06. The number of nitrogens with zero attached hydrogens (tertiary/aromatic N) is 2. The topological polar surface area (TPSA) is 32.5 Å². The summed E-state index contributed by atoms with van der Waals surface area (Å²) < 4.78 is 0. The van der Waals surface area contributed by atoms with E-state index in [1.165, 1.54) is 5.56 Å². The molecule has 3 nitrogen and oxygen atoms in total. The molecule has 1 aromatic carbocycles. The largest absolute Gasteiger partial charge is 0.399 e. The number of nitrogen functional groups attached to an aromatic ring is 1. The molecular formula is C17H29N3. The van der Waals surface area contributed by atoms with Crippen LogP contribution in [0.4, 0.5) is 5.69 Å². The van der Waals surface area contributed by atoms with Crippen LogP contribution < -0.4 is 5.73 Å². The van der Waals surface area contributed by atoms with Crippen molar-refractivity contribution in [3.05, 3.63) is 29.8 Å². The van der Waals surface area contributed by atoms with Crippen LogP contribution >= 0.6 is 0 Å². The van der Waals surface area contributed by atoms with E-state index in [-0.39, 0.29) is 5.41 Å². The van der Waals surface area contributed by atoms with Crippen molar-refractivity contribution in [2.45, 2.75) is 45.2 Å². The van der Waals surface area contributed by atoms with E-state index in [1.807, 2.05) is 12.1 Å². The van der Waals surface area contributed by atoms with E-state index in [9.17, 15) is 0 Å². The van der Waals surface area contributed by atoms with Crippen LogP contribution in [-0.4, -0.2) is 48.6 Å². The van der Waals surface area contributed by atoms with Crippen molar-refractivity contribution in [3.8, 4) is 0 Å². The summed E-state index contributed by atoms with van der Waals surface area (Å²) in [6.45, 7) is 12.7. The number of likely N-dealkylation sites (N-methyl/N-ethyl adjacent to an activating group) is 1. The molecule has 1 saturated heterocycles. The van der Waals surface area contributed by atoms with E-state index in [4.69, 9.17) is 5.73 Å². The lowest BCUT2D eigenvalue weighted by Crippen LogP contribution is -2.56. The van der Waals surface area contributed by atoms with Crippen LogP contribution in [0.2, 0.25) is 0 Å². The third-order valence-electron chi connectivity index (χ3n) is 4.75. The number of anilines is 1. The fourth-order valence-corrected chi connectivity index (χ4v) is 3.23. The van der Waals surface area contributed by atoms with Crippen molar-refractivity contribution < 1.29 is 0 Å². The first-order valence-corrected chi connectivity index (χ1v) is 7.60. The summed E-state index contributed by atoms with van der Waals surface area (Å²) >= 11 is 0. The summed E-state index contributed by atoms with van der Waals surface area (Å²) in [5.41, 5.74) is 8.15. The van der Waals surface area contributed by atoms with E-state index in [1.54, 1.807) is 0 Å². The second-order valence-electron chi connectivity index (χ2n) is 7.06. The molecule has 1 heterocycles. The lowest BCUT2D eigenvalue weighted by Gasteiger charge is -2.45. The molecule has 0 bridgehead atoms. The fourth-order valence-electron chi connectivity index (χ4n) is 3.23. The highest BCUT2D eigenvalue weighted by molar-refractivity contribution is 5.41. The summed E-state index contributed by atoms with van der Waals surface area (Å²) in [5.74, 6) is 0. The molecule has 0 spiro atoms. The maximum atomic E-state index is 5.79. The van der Waals surface area contributed by atoms with Gasteiger partial charge in [0.05, 0.1) is 0 Å². The van der Waals surface area contributed by atoms with Gasteiger partial charge in [0.1, 0.15) is 0 Å². The van der Waals surface area contributed by atoms with Gasteiger partial charge in [-0.05, 0) is 38.6 Å². The lowest BCUT2D eigenvalue weighted by molar-refractivity contribution is 0.0492. The number of piperazine rings is 1. The van der Waals surface area contributed by atoms with Crippen molar-refractivity contribution in [2.75, 3.05) is 32.4 Å². The molecule has 0 saturated carbocycles. The number of hydrogen-bond acceptors (Lipinski definition) is 3. The van der Waals surface area contributed by atoms with Gasteiger partial charge in [0.2, 0.25) is 0 Å². The highest BCUT2D eigenvalue weighted by Gasteiger charge is 2.31. The molecule has 1 aromatic rings. The van der Waals surface area contributed by atoms with Crippen LogP contribution in [-0.2, 0) is 5.41 Å². The Kier molecular flexibility index (Phi) is 4.40. The van der Waals surface area contributed by atoms with E-state index in [2.05, 4.69) is 56.7 Å². The summed E-state index contributed by atoms with van der Waals surface area (Å²) in [5, 5.41) is 0. The molecule has 112 valence electrons. The highest BCUT2D eigenvalue weighted by atomic mass is 15.3. The van der Waals surface area contributed by atoms with Crippen LogP contribution in [0.15, 0.2) is 24.3 Å². The molecule has 2 rings (SSSR count). The third kappa shape index (κ3) is 3.33. The smallest absolute Gasteiger partial charge is 0.0314 e. The number of rotatable bonds is 3. The van der Waals surface area contributed by atoms with E-state index >= 15 is 0 Å². The van der Waals surface area contributed by atoms with E-state index < -0.39 is 0 Å². The Labute approximate surface area is 123 Å². The predicted molar refractivity (Wildman–Crippen MR) is 87.0 cm³/mol. The molecule has 0 radical (unpaired) electrons. The molecule has 2 unspecified atom stereocenters. The number of benzene rings is 1. The molecule has 20 heavy (non-hydrogen) atoms. The molecule has 1 aliphatic heterocycles. The van der Waals surface area contributed by atoms with Gasteiger partial charge in [0.15, 0.2) is 0 Å². The van der Waals surface area contributed by atoms with Crippen molar-refractivity contribution in [1.82, 2.24) is 9.80 Å². The molecule has 1 aliphatic rings. The Balaban J connectivity index is 2.06. The van der Waals surface area contributed by atoms with Crippen molar-refractivity contribution >= 4 is 5.69 Å². The molecule has 2 atom stereocenters. The van der Waals surface area contributed by atoms with Gasteiger partial charge in [0.25, 0.3) is 0 Å². The van der Waals surface area contributed by atoms with Gasteiger partial charge in [-0.2, -0.15) is 0 Å². The Morgan fingerprint density at radius 1 is 1.10 bits per heavy atom. The fraction of sp³-hybridized carbons (Fsp3) is 0.647. The Morgan fingerprint density at radius 3 is 2.10 bits per heavy atom. The number of nitrogens with two attached hydrogens (primary N) is 1. The first-order valence-electron chi connectivity index (χ1n) is 7.60. The van der Waals surface area contributed by atoms with Crippen LogP contribution in [0.3, 0.4) is 0 Å². The molecule has 3 heteroatoms. The van der Waals surface area contributed by atoms with E-state index in [0.29, 0.717) is 12.1 Å². The minimum atomic E-state index is 0.156. The second kappa shape index (κ2) is 5.74. The van der Waals surface area contributed by atoms with Crippen LogP contribution in [0, 0.1) is 0 Å². The quantitative estimate of drug-likeness (QED) is 0.861. The standard InChI is InChI=1S/C17H29N3/c1-13-10-20(11-14(2)19(13)5)12-17(3,4)15-6-8-16(18)9-7-15/h6-9,13-14H,10-12,18H2,1-5H3. The van der Waals surface area contributed by atoms with Gasteiger partial charge < -0.3 is 5.73 Å². The SMILES string of the molecule is CC1CN(CC(C)(C)c2ccc(N)cc2)CC(C)N1C. The molecule has 0 aliphatic carbocycles. The zero-order valence-electron chi connectivity index (χ0n) is 13.6. The summed E-state index contributed by atoms with van der Waals surface area (Å²) in [4.78, 5) is 5.08. The lowest BCUT2D eigenvalue weighted by atomic mass is 9.83. The molecule has 2 N–H and O–H groups in total. The Bertz CT molecular complexity index is 426. The van der Waals surface area contributed by atoms with E-state index in [0.717, 1.165) is 25.3 Å². The first kappa shape index (κ1) is 15.3. The van der Waals surface area contributed by atoms with Gasteiger partial charge in [-0.1, -0.05) is 26.0 Å². The maximum absolute atomic E-state index is 5.79. The second-order valence-corrected chi connectivity index (χ2v) is 7.06. The predicted octanol–water partition coefficient (Wildman–Crippen LogP) is 2.57. The Morgan fingerprint density at radius 2 is 1.60 bits per heavy atom. The van der Waals surface area contributed by atoms with Gasteiger partial charge in [-0.3, -0.25) is 9.80 Å². The van der Waals surface area contributed by atoms with Crippen LogP contribution in [0.5, 0.6) is 0 Å². The zero-order valence-corrected chi connectivity index (χ0v) is 13.6. The monoisotopic (exact) mass is 275 g/mol.